The molecule has 0 aliphatic carbocycles. The highest BCUT2D eigenvalue weighted by Gasteiger charge is 2.02. The molecule has 0 fully saturated rings. The quantitative estimate of drug-likeness (QED) is 0.716. The third-order valence-corrected chi connectivity index (χ3v) is 2.75. The Balaban J connectivity index is 1.87. The molecule has 1 aromatic heterocycles. The van der Waals surface area contributed by atoms with E-state index < -0.39 is 0 Å². The largest absolute Gasteiger partial charge is 0.497 e. The second kappa shape index (κ2) is 6.42. The van der Waals surface area contributed by atoms with Gasteiger partial charge in [-0.25, -0.2) is 0 Å². The minimum Gasteiger partial charge on any atom is -0.497 e. The number of anilines is 1. The summed E-state index contributed by atoms with van der Waals surface area (Å²) >= 11 is 0. The van der Waals surface area contributed by atoms with Crippen molar-refractivity contribution in [2.45, 2.75) is 6.54 Å². The van der Waals surface area contributed by atoms with Crippen molar-refractivity contribution in [1.82, 2.24) is 15.5 Å². The van der Waals surface area contributed by atoms with Crippen LogP contribution < -0.4 is 15.8 Å². The summed E-state index contributed by atoms with van der Waals surface area (Å²) in [6.07, 6.45) is 4.79. The lowest BCUT2D eigenvalue weighted by Crippen LogP contribution is -2.20. The zero-order valence-electron chi connectivity index (χ0n) is 11.1. The highest BCUT2D eigenvalue weighted by Crippen LogP contribution is 2.12. The Morgan fingerprint density at radius 1 is 1.45 bits per heavy atom. The number of nitrogen functional groups attached to an aromatic ring is 1. The molecule has 1 amide bonds. The molecule has 0 bridgehead atoms. The van der Waals surface area contributed by atoms with Crippen LogP contribution in [0.15, 0.2) is 36.5 Å². The number of amides is 1. The van der Waals surface area contributed by atoms with Gasteiger partial charge in [-0.05, 0) is 23.8 Å². The van der Waals surface area contributed by atoms with Gasteiger partial charge in [0.15, 0.2) is 0 Å². The number of nitrogens with two attached hydrogens (primary N) is 1. The van der Waals surface area contributed by atoms with Crippen LogP contribution in [0.4, 0.5) is 5.82 Å². The maximum absolute atomic E-state index is 11.7. The maximum Gasteiger partial charge on any atom is 0.244 e. The summed E-state index contributed by atoms with van der Waals surface area (Å²) in [5, 5.41) is 9.11. The predicted octanol–water partition coefficient (Wildman–Crippen LogP) is 1.33. The number of methoxy groups -OCH3 is 1. The fourth-order valence-electron chi connectivity index (χ4n) is 1.59. The first-order chi connectivity index (χ1) is 9.69. The van der Waals surface area contributed by atoms with Crippen LogP contribution in [-0.2, 0) is 11.3 Å². The second-order valence-corrected chi connectivity index (χ2v) is 4.13. The SMILES string of the molecule is COc1ccc(C=CC(=O)NCc2cn[nH]c2N)cc1. The molecule has 104 valence electrons. The molecule has 4 N–H and O–H groups in total. The van der Waals surface area contributed by atoms with Gasteiger partial charge in [-0.3, -0.25) is 9.89 Å². The maximum atomic E-state index is 11.7. The van der Waals surface area contributed by atoms with Gasteiger partial charge < -0.3 is 15.8 Å². The average Bonchev–Trinajstić information content (AvgIpc) is 2.89. The standard InChI is InChI=1S/C14H16N4O2/c1-20-12-5-2-10(3-6-12)4-7-13(19)16-8-11-9-17-18-14(11)15/h2-7,9H,8H2,1H3,(H,16,19)(H3,15,17,18). The Hall–Kier alpha value is -2.76. The van der Waals surface area contributed by atoms with Crippen LogP contribution in [0, 0.1) is 0 Å². The van der Waals surface area contributed by atoms with E-state index in [9.17, 15) is 4.79 Å². The molecule has 2 aromatic rings. The van der Waals surface area contributed by atoms with Crippen molar-refractivity contribution in [2.75, 3.05) is 12.8 Å². The first-order valence-corrected chi connectivity index (χ1v) is 6.06. The molecule has 0 aliphatic rings. The summed E-state index contributed by atoms with van der Waals surface area (Å²) in [5.74, 6) is 1.05. The molecule has 0 saturated carbocycles. The number of H-pyrrole nitrogens is 1. The van der Waals surface area contributed by atoms with Crippen molar-refractivity contribution in [3.63, 3.8) is 0 Å². The summed E-state index contributed by atoms with van der Waals surface area (Å²) in [6.45, 7) is 0.341. The summed E-state index contributed by atoms with van der Waals surface area (Å²) in [4.78, 5) is 11.7. The van der Waals surface area contributed by atoms with Gasteiger partial charge >= 0.3 is 0 Å². The number of nitrogens with one attached hydrogen (secondary N) is 2. The lowest BCUT2D eigenvalue weighted by atomic mass is 10.2. The Morgan fingerprint density at radius 2 is 2.20 bits per heavy atom. The number of aromatic nitrogens is 2. The highest BCUT2D eigenvalue weighted by atomic mass is 16.5. The molecular weight excluding hydrogens is 256 g/mol. The van der Waals surface area contributed by atoms with E-state index in [4.69, 9.17) is 10.5 Å². The van der Waals surface area contributed by atoms with Crippen molar-refractivity contribution in [3.05, 3.63) is 47.7 Å². The van der Waals surface area contributed by atoms with Gasteiger partial charge in [0.1, 0.15) is 11.6 Å². The van der Waals surface area contributed by atoms with E-state index in [2.05, 4.69) is 15.5 Å². The third-order valence-electron chi connectivity index (χ3n) is 2.75. The fourth-order valence-corrected chi connectivity index (χ4v) is 1.59. The first-order valence-electron chi connectivity index (χ1n) is 6.06. The number of hydrogen-bond acceptors (Lipinski definition) is 4. The van der Waals surface area contributed by atoms with Crippen molar-refractivity contribution in [3.8, 4) is 5.75 Å². The molecule has 0 radical (unpaired) electrons. The molecule has 2 rings (SSSR count). The van der Waals surface area contributed by atoms with Gasteiger partial charge in [0, 0.05) is 18.2 Å². The first kappa shape index (κ1) is 13.7. The van der Waals surface area contributed by atoms with Crippen LogP contribution in [0.2, 0.25) is 0 Å². The Bertz CT molecular complexity index is 602. The molecule has 0 aliphatic heterocycles. The van der Waals surface area contributed by atoms with E-state index in [0.717, 1.165) is 16.9 Å². The summed E-state index contributed by atoms with van der Waals surface area (Å²) in [6, 6.07) is 7.42. The fraction of sp³-hybridized carbons (Fsp3) is 0.143. The molecule has 0 spiro atoms. The van der Waals surface area contributed by atoms with Crippen LogP contribution in [0.1, 0.15) is 11.1 Å². The molecular formula is C14H16N4O2. The number of carbonyl (C=O) groups is 1. The van der Waals surface area contributed by atoms with Gasteiger partial charge in [-0.15, -0.1) is 0 Å². The number of nitrogens with zero attached hydrogens (tertiary/aromatic N) is 1. The van der Waals surface area contributed by atoms with Crippen LogP contribution in [0.25, 0.3) is 6.08 Å². The van der Waals surface area contributed by atoms with E-state index >= 15 is 0 Å². The molecule has 1 aromatic carbocycles. The Morgan fingerprint density at radius 3 is 2.80 bits per heavy atom. The zero-order valence-corrected chi connectivity index (χ0v) is 11.1. The summed E-state index contributed by atoms with van der Waals surface area (Å²) in [5.41, 5.74) is 7.30. The smallest absolute Gasteiger partial charge is 0.244 e. The van der Waals surface area contributed by atoms with Crippen LogP contribution in [0.5, 0.6) is 5.75 Å². The van der Waals surface area contributed by atoms with Crippen molar-refractivity contribution in [1.29, 1.82) is 0 Å². The van der Waals surface area contributed by atoms with Crippen molar-refractivity contribution in [2.24, 2.45) is 0 Å². The van der Waals surface area contributed by atoms with E-state index in [0.29, 0.717) is 12.4 Å². The molecule has 1 heterocycles. The molecule has 0 saturated heterocycles. The van der Waals surface area contributed by atoms with Gasteiger partial charge in [0.05, 0.1) is 13.3 Å². The van der Waals surface area contributed by atoms with Crippen molar-refractivity contribution < 1.29 is 9.53 Å². The summed E-state index contributed by atoms with van der Waals surface area (Å²) in [7, 11) is 1.61. The molecule has 6 nitrogen and oxygen atoms in total. The molecule has 0 atom stereocenters. The number of aromatic amines is 1. The van der Waals surface area contributed by atoms with Gasteiger partial charge in [0.25, 0.3) is 0 Å². The average molecular weight is 272 g/mol. The topological polar surface area (TPSA) is 93.0 Å². The van der Waals surface area contributed by atoms with E-state index in [1.807, 2.05) is 24.3 Å². The third kappa shape index (κ3) is 3.61. The molecule has 6 heteroatoms. The minimum absolute atomic E-state index is 0.193. The Kier molecular flexibility index (Phi) is 4.39. The van der Waals surface area contributed by atoms with Gasteiger partial charge in [0.2, 0.25) is 5.91 Å². The lowest BCUT2D eigenvalue weighted by Gasteiger charge is -2.01. The Labute approximate surface area is 116 Å². The number of ether oxygens (including phenoxy) is 1. The number of carbonyl (C=O) groups excluding carboxylic acids is 1. The number of rotatable bonds is 5. The van der Waals surface area contributed by atoms with Crippen molar-refractivity contribution >= 4 is 17.8 Å². The predicted molar refractivity (Wildman–Crippen MR) is 76.9 cm³/mol. The van der Waals surface area contributed by atoms with E-state index in [-0.39, 0.29) is 5.91 Å². The molecule has 20 heavy (non-hydrogen) atoms. The zero-order chi connectivity index (χ0) is 14.4. The number of benzene rings is 1. The normalized spacial score (nSPS) is 10.7. The number of hydrogen-bond donors (Lipinski definition) is 3. The van der Waals surface area contributed by atoms with Gasteiger partial charge in [-0.2, -0.15) is 5.10 Å². The monoisotopic (exact) mass is 272 g/mol. The molecule has 0 unspecified atom stereocenters. The second-order valence-electron chi connectivity index (χ2n) is 4.13. The van der Waals surface area contributed by atoms with Gasteiger partial charge in [-0.1, -0.05) is 12.1 Å². The highest BCUT2D eigenvalue weighted by molar-refractivity contribution is 5.91. The van der Waals surface area contributed by atoms with Crippen LogP contribution in [0.3, 0.4) is 0 Å². The van der Waals surface area contributed by atoms with E-state index in [1.54, 1.807) is 19.4 Å². The van der Waals surface area contributed by atoms with Crippen LogP contribution in [-0.4, -0.2) is 23.2 Å². The lowest BCUT2D eigenvalue weighted by molar-refractivity contribution is -0.116. The minimum atomic E-state index is -0.193. The van der Waals surface area contributed by atoms with E-state index in [1.165, 1.54) is 6.08 Å². The van der Waals surface area contributed by atoms with Crippen LogP contribution >= 0.6 is 0 Å². The summed E-state index contributed by atoms with van der Waals surface area (Å²) < 4.78 is 5.06.